The second-order valence-corrected chi connectivity index (χ2v) is 4.87. The van der Waals surface area contributed by atoms with Crippen LogP contribution in [0.5, 0.6) is 0 Å². The number of nitrogens with zero attached hydrogens (tertiary/aromatic N) is 4. The van der Waals surface area contributed by atoms with E-state index >= 15 is 0 Å². The number of nitrogens with two attached hydrogens (primary N) is 1. The van der Waals surface area contributed by atoms with Crippen LogP contribution in [0.4, 0.5) is 5.13 Å². The molecule has 0 fully saturated rings. The van der Waals surface area contributed by atoms with Crippen LogP contribution in [0.1, 0.15) is 17.5 Å². The molecule has 0 unspecified atom stereocenters. The van der Waals surface area contributed by atoms with E-state index in [-0.39, 0.29) is 0 Å². The number of hydrogen-bond donors (Lipinski definition) is 2. The third kappa shape index (κ3) is 3.46. The Morgan fingerprint density at radius 2 is 2.06 bits per heavy atom. The zero-order valence-electron chi connectivity index (χ0n) is 10.2. The Morgan fingerprint density at radius 1 is 1.28 bits per heavy atom. The lowest BCUT2D eigenvalue weighted by Gasteiger charge is -2.18. The summed E-state index contributed by atoms with van der Waals surface area (Å²) in [6.07, 6.45) is 3.62. The van der Waals surface area contributed by atoms with Gasteiger partial charge in [0.15, 0.2) is 0 Å². The van der Waals surface area contributed by atoms with Gasteiger partial charge >= 0.3 is 0 Å². The zero-order valence-corrected chi connectivity index (χ0v) is 11.0. The first-order valence-electron chi connectivity index (χ1n) is 5.72. The number of hydrogen-bond acceptors (Lipinski definition) is 7. The van der Waals surface area contributed by atoms with Gasteiger partial charge in [0.25, 0.3) is 0 Å². The van der Waals surface area contributed by atoms with Crippen molar-refractivity contribution >= 4 is 16.5 Å². The maximum Gasteiger partial charge on any atom is 0.219 e. The predicted molar refractivity (Wildman–Crippen MR) is 71.7 cm³/mol. The van der Waals surface area contributed by atoms with Gasteiger partial charge in [0.1, 0.15) is 5.01 Å². The highest BCUT2D eigenvalue weighted by atomic mass is 32.1. The van der Waals surface area contributed by atoms with Crippen LogP contribution in [0, 0.1) is 0 Å². The molecule has 0 aliphatic rings. The molecule has 3 N–H and O–H groups in total. The Hall–Kier alpha value is -1.57. The van der Waals surface area contributed by atoms with Crippen molar-refractivity contribution in [3.63, 3.8) is 0 Å². The van der Waals surface area contributed by atoms with Crippen molar-refractivity contribution in [3.05, 3.63) is 35.1 Å². The molecule has 0 saturated heterocycles. The maximum absolute atomic E-state index is 5.29. The van der Waals surface area contributed by atoms with Gasteiger partial charge < -0.3 is 0 Å². The first-order chi connectivity index (χ1) is 8.81. The highest BCUT2D eigenvalue weighted by Crippen LogP contribution is 2.16. The number of nitrogens with one attached hydrogen (secondary N) is 1. The molecule has 0 atom stereocenters. The van der Waals surface area contributed by atoms with E-state index in [1.807, 2.05) is 24.5 Å². The molecule has 0 radical (unpaired) electrons. The fraction of sp³-hybridized carbons (Fsp3) is 0.364. The van der Waals surface area contributed by atoms with Gasteiger partial charge in [-0.15, -0.1) is 10.2 Å². The Labute approximate surface area is 110 Å². The highest BCUT2D eigenvalue weighted by Gasteiger charge is 2.09. The van der Waals surface area contributed by atoms with E-state index in [0.29, 0.717) is 5.13 Å². The average Bonchev–Trinajstić information content (AvgIpc) is 2.87. The standard InChI is InChI=1S/C11H16N6S/c1-2-17(7-9-3-5-13-6-4-9)8-10-15-16-11(14-12)18-10/h3-6H,2,7-8,12H2,1H3,(H,14,16). The molecular weight excluding hydrogens is 248 g/mol. The lowest BCUT2D eigenvalue weighted by atomic mass is 10.2. The number of rotatable bonds is 6. The van der Waals surface area contributed by atoms with E-state index in [9.17, 15) is 0 Å². The normalized spacial score (nSPS) is 10.8. The van der Waals surface area contributed by atoms with Crippen LogP contribution in [0.15, 0.2) is 24.5 Å². The fourth-order valence-electron chi connectivity index (χ4n) is 1.59. The van der Waals surface area contributed by atoms with Crippen LogP contribution in [0.25, 0.3) is 0 Å². The summed E-state index contributed by atoms with van der Waals surface area (Å²) in [5.41, 5.74) is 3.75. The van der Waals surface area contributed by atoms with Crippen molar-refractivity contribution < 1.29 is 0 Å². The smallest absolute Gasteiger partial charge is 0.219 e. The van der Waals surface area contributed by atoms with Crippen LogP contribution < -0.4 is 11.3 Å². The minimum atomic E-state index is 0.643. The first kappa shape index (κ1) is 12.9. The SMILES string of the molecule is CCN(Cc1ccncc1)Cc1nnc(NN)s1. The van der Waals surface area contributed by atoms with Gasteiger partial charge in [-0.05, 0) is 24.2 Å². The lowest BCUT2D eigenvalue weighted by molar-refractivity contribution is 0.270. The number of nitrogen functional groups attached to an aromatic ring is 1. The average molecular weight is 264 g/mol. The molecule has 2 aromatic rings. The van der Waals surface area contributed by atoms with E-state index in [4.69, 9.17) is 5.84 Å². The van der Waals surface area contributed by atoms with Crippen molar-refractivity contribution in [2.45, 2.75) is 20.0 Å². The van der Waals surface area contributed by atoms with Crippen molar-refractivity contribution in [1.29, 1.82) is 0 Å². The molecule has 0 bridgehead atoms. The Bertz CT molecular complexity index is 471. The van der Waals surface area contributed by atoms with E-state index in [1.54, 1.807) is 0 Å². The van der Waals surface area contributed by atoms with Crippen molar-refractivity contribution in [3.8, 4) is 0 Å². The van der Waals surface area contributed by atoms with E-state index < -0.39 is 0 Å². The minimum Gasteiger partial charge on any atom is -0.298 e. The van der Waals surface area contributed by atoms with E-state index in [0.717, 1.165) is 24.6 Å². The van der Waals surface area contributed by atoms with E-state index in [1.165, 1.54) is 16.9 Å². The molecule has 0 amide bonds. The molecule has 0 aliphatic carbocycles. The second-order valence-electron chi connectivity index (χ2n) is 3.80. The number of hydrazine groups is 1. The summed E-state index contributed by atoms with van der Waals surface area (Å²) in [5, 5.41) is 9.61. The predicted octanol–water partition coefficient (Wildman–Crippen LogP) is 1.24. The zero-order chi connectivity index (χ0) is 12.8. The molecule has 7 heteroatoms. The van der Waals surface area contributed by atoms with E-state index in [2.05, 4.69) is 32.4 Å². The Kier molecular flexibility index (Phi) is 4.57. The molecule has 0 saturated carbocycles. The summed E-state index contributed by atoms with van der Waals surface area (Å²) in [4.78, 5) is 6.30. The Balaban J connectivity index is 1.97. The monoisotopic (exact) mass is 264 g/mol. The fourth-order valence-corrected chi connectivity index (χ4v) is 2.29. The number of anilines is 1. The van der Waals surface area contributed by atoms with Gasteiger partial charge in [0.05, 0.1) is 6.54 Å². The molecule has 2 heterocycles. The molecule has 18 heavy (non-hydrogen) atoms. The van der Waals surface area contributed by atoms with Gasteiger partial charge in [-0.2, -0.15) is 0 Å². The number of pyridine rings is 1. The lowest BCUT2D eigenvalue weighted by Crippen LogP contribution is -2.22. The molecular formula is C11H16N6S. The Morgan fingerprint density at radius 3 is 2.67 bits per heavy atom. The van der Waals surface area contributed by atoms with Gasteiger partial charge in [-0.1, -0.05) is 18.3 Å². The molecule has 0 spiro atoms. The van der Waals surface area contributed by atoms with Crippen LogP contribution >= 0.6 is 11.3 Å². The van der Waals surface area contributed by atoms with Crippen LogP contribution in [0.2, 0.25) is 0 Å². The summed E-state index contributed by atoms with van der Waals surface area (Å²) >= 11 is 1.47. The third-order valence-electron chi connectivity index (χ3n) is 2.55. The van der Waals surface area contributed by atoms with Gasteiger partial charge in [-0.3, -0.25) is 15.3 Å². The van der Waals surface area contributed by atoms with Crippen LogP contribution in [-0.4, -0.2) is 26.6 Å². The largest absolute Gasteiger partial charge is 0.298 e. The van der Waals surface area contributed by atoms with Gasteiger partial charge in [-0.25, -0.2) is 5.84 Å². The maximum atomic E-state index is 5.29. The number of aromatic nitrogens is 3. The summed E-state index contributed by atoms with van der Waals surface area (Å²) in [6.45, 7) is 4.74. The summed E-state index contributed by atoms with van der Waals surface area (Å²) in [5.74, 6) is 5.29. The summed E-state index contributed by atoms with van der Waals surface area (Å²) in [7, 11) is 0. The van der Waals surface area contributed by atoms with Crippen LogP contribution in [0.3, 0.4) is 0 Å². The molecule has 0 aliphatic heterocycles. The summed E-state index contributed by atoms with van der Waals surface area (Å²) in [6, 6.07) is 4.05. The van der Waals surface area contributed by atoms with Crippen LogP contribution in [-0.2, 0) is 13.1 Å². The molecule has 0 aromatic carbocycles. The topological polar surface area (TPSA) is 80.0 Å². The summed E-state index contributed by atoms with van der Waals surface area (Å²) < 4.78 is 0. The van der Waals surface area contributed by atoms with Gasteiger partial charge in [0.2, 0.25) is 5.13 Å². The minimum absolute atomic E-state index is 0.643. The molecule has 96 valence electrons. The molecule has 2 rings (SSSR count). The quantitative estimate of drug-likeness (QED) is 0.603. The molecule has 6 nitrogen and oxygen atoms in total. The highest BCUT2D eigenvalue weighted by molar-refractivity contribution is 7.15. The second kappa shape index (κ2) is 6.39. The first-order valence-corrected chi connectivity index (χ1v) is 6.53. The molecule has 2 aromatic heterocycles. The van der Waals surface area contributed by atoms with Crippen molar-refractivity contribution in [1.82, 2.24) is 20.1 Å². The third-order valence-corrected chi connectivity index (χ3v) is 3.39. The van der Waals surface area contributed by atoms with Crippen molar-refractivity contribution in [2.75, 3.05) is 12.0 Å². The van der Waals surface area contributed by atoms with Crippen molar-refractivity contribution in [2.24, 2.45) is 5.84 Å². The van der Waals surface area contributed by atoms with Gasteiger partial charge in [0, 0.05) is 18.9 Å².